The van der Waals surface area contributed by atoms with E-state index in [1.165, 1.54) is 4.31 Å². The van der Waals surface area contributed by atoms with Crippen molar-refractivity contribution in [2.45, 2.75) is 13.0 Å². The summed E-state index contributed by atoms with van der Waals surface area (Å²) in [5.74, 6) is 0.0746. The van der Waals surface area contributed by atoms with E-state index < -0.39 is 16.1 Å². The number of hydrogen-bond donors (Lipinski definition) is 0. The van der Waals surface area contributed by atoms with Crippen molar-refractivity contribution in [3.63, 3.8) is 0 Å². The van der Waals surface area contributed by atoms with Gasteiger partial charge in [0, 0.05) is 6.54 Å². The summed E-state index contributed by atoms with van der Waals surface area (Å²) in [6.07, 6.45) is -0.616. The molecule has 1 atom stereocenters. The molecular formula is C7H12N2O3S. The zero-order valence-corrected chi connectivity index (χ0v) is 8.25. The summed E-state index contributed by atoms with van der Waals surface area (Å²) in [5, 5.41) is 8.55. The molecule has 1 aliphatic heterocycles. The summed E-state index contributed by atoms with van der Waals surface area (Å²) < 4.78 is 29.1. The lowest BCUT2D eigenvalue weighted by Crippen LogP contribution is -2.45. The number of morpholine rings is 1. The Morgan fingerprint density at radius 1 is 1.69 bits per heavy atom. The maximum Gasteiger partial charge on any atom is 0.214 e. The summed E-state index contributed by atoms with van der Waals surface area (Å²) >= 11 is 0. The highest BCUT2D eigenvalue weighted by molar-refractivity contribution is 7.89. The molecule has 0 amide bonds. The molecule has 1 saturated heterocycles. The van der Waals surface area contributed by atoms with Crippen LogP contribution in [0, 0.1) is 11.3 Å². The average Bonchev–Trinajstić information content (AvgIpc) is 2.18. The first-order chi connectivity index (χ1) is 6.10. The maximum atomic E-state index is 11.4. The molecule has 6 heteroatoms. The Balaban J connectivity index is 2.68. The van der Waals surface area contributed by atoms with Crippen molar-refractivity contribution in [3.05, 3.63) is 0 Å². The fraction of sp³-hybridized carbons (Fsp3) is 0.857. The van der Waals surface area contributed by atoms with E-state index in [-0.39, 0.29) is 12.3 Å². The van der Waals surface area contributed by atoms with Crippen molar-refractivity contribution in [3.8, 4) is 6.07 Å². The Kier molecular flexibility index (Phi) is 3.25. The first kappa shape index (κ1) is 10.4. The Bertz CT molecular complexity index is 306. The van der Waals surface area contributed by atoms with Crippen LogP contribution in [0.5, 0.6) is 0 Å². The summed E-state index contributed by atoms with van der Waals surface area (Å²) in [7, 11) is -3.16. The number of rotatable bonds is 2. The molecule has 0 N–H and O–H groups in total. The van der Waals surface area contributed by atoms with Crippen LogP contribution in [0.3, 0.4) is 0 Å². The molecule has 0 aromatic rings. The average molecular weight is 204 g/mol. The second-order valence-corrected chi connectivity index (χ2v) is 5.00. The van der Waals surface area contributed by atoms with Crippen LogP contribution in [-0.2, 0) is 14.8 Å². The molecule has 1 heterocycles. The standard InChI is InChI=1S/C7H12N2O3S/c1-2-13(10,11)9-3-4-12-7(5-8)6-9/h7H,2-4,6H2,1H3. The van der Waals surface area contributed by atoms with Gasteiger partial charge < -0.3 is 4.74 Å². The quantitative estimate of drug-likeness (QED) is 0.611. The normalized spacial score (nSPS) is 25.4. The Morgan fingerprint density at radius 3 is 2.92 bits per heavy atom. The molecule has 0 aromatic heterocycles. The van der Waals surface area contributed by atoms with Crippen molar-refractivity contribution in [1.29, 1.82) is 5.26 Å². The van der Waals surface area contributed by atoms with Crippen molar-refractivity contribution in [1.82, 2.24) is 4.31 Å². The van der Waals surface area contributed by atoms with Gasteiger partial charge in [0.15, 0.2) is 6.10 Å². The number of ether oxygens (including phenoxy) is 1. The van der Waals surface area contributed by atoms with Crippen molar-refractivity contribution in [2.24, 2.45) is 0 Å². The van der Waals surface area contributed by atoms with Crippen LogP contribution < -0.4 is 0 Å². The fourth-order valence-corrected chi connectivity index (χ4v) is 2.22. The van der Waals surface area contributed by atoms with Crippen molar-refractivity contribution in [2.75, 3.05) is 25.4 Å². The Hall–Kier alpha value is -0.640. The second-order valence-electron chi connectivity index (χ2n) is 2.75. The van der Waals surface area contributed by atoms with Gasteiger partial charge in [-0.1, -0.05) is 0 Å². The van der Waals surface area contributed by atoms with E-state index in [9.17, 15) is 8.42 Å². The molecule has 0 aromatic carbocycles. The first-order valence-corrected chi connectivity index (χ1v) is 5.70. The molecule has 1 fully saturated rings. The topological polar surface area (TPSA) is 70.4 Å². The lowest BCUT2D eigenvalue weighted by molar-refractivity contribution is 0.0312. The molecule has 74 valence electrons. The number of nitrogens with zero attached hydrogens (tertiary/aromatic N) is 2. The van der Waals surface area contributed by atoms with E-state index in [1.807, 2.05) is 6.07 Å². The van der Waals surface area contributed by atoms with Crippen LogP contribution >= 0.6 is 0 Å². The molecule has 1 aliphatic rings. The SMILES string of the molecule is CCS(=O)(=O)N1CCOC(C#N)C1. The zero-order valence-electron chi connectivity index (χ0n) is 7.43. The minimum absolute atomic E-state index is 0.0746. The molecule has 0 spiro atoms. The fourth-order valence-electron chi connectivity index (χ4n) is 1.14. The minimum Gasteiger partial charge on any atom is -0.361 e. The molecule has 5 nitrogen and oxygen atoms in total. The van der Waals surface area contributed by atoms with Gasteiger partial charge in [-0.05, 0) is 6.92 Å². The molecule has 0 aliphatic carbocycles. The third-order valence-electron chi connectivity index (χ3n) is 1.93. The van der Waals surface area contributed by atoms with E-state index in [0.717, 1.165) is 0 Å². The van der Waals surface area contributed by atoms with Crippen LogP contribution in [0.1, 0.15) is 6.92 Å². The lowest BCUT2D eigenvalue weighted by Gasteiger charge is -2.28. The number of sulfonamides is 1. The highest BCUT2D eigenvalue weighted by Gasteiger charge is 2.27. The maximum absolute atomic E-state index is 11.4. The lowest BCUT2D eigenvalue weighted by atomic mass is 10.3. The third-order valence-corrected chi connectivity index (χ3v) is 3.78. The number of nitriles is 1. The minimum atomic E-state index is -3.16. The van der Waals surface area contributed by atoms with Gasteiger partial charge >= 0.3 is 0 Å². The molecule has 0 saturated carbocycles. The number of hydrogen-bond acceptors (Lipinski definition) is 4. The Labute approximate surface area is 77.9 Å². The van der Waals surface area contributed by atoms with Gasteiger partial charge in [-0.25, -0.2) is 8.42 Å². The van der Waals surface area contributed by atoms with Gasteiger partial charge in [0.25, 0.3) is 0 Å². The van der Waals surface area contributed by atoms with Crippen molar-refractivity contribution >= 4 is 10.0 Å². The van der Waals surface area contributed by atoms with E-state index in [0.29, 0.717) is 13.2 Å². The predicted octanol–water partition coefficient (Wildman–Crippen LogP) is -0.440. The molecule has 0 bridgehead atoms. The predicted molar refractivity (Wildman–Crippen MR) is 46.4 cm³/mol. The summed E-state index contributed by atoms with van der Waals surface area (Å²) in [6, 6.07) is 1.90. The molecule has 1 unspecified atom stereocenters. The highest BCUT2D eigenvalue weighted by atomic mass is 32.2. The van der Waals surface area contributed by atoms with Gasteiger partial charge in [0.1, 0.15) is 0 Å². The van der Waals surface area contributed by atoms with Gasteiger partial charge in [-0.2, -0.15) is 9.57 Å². The smallest absolute Gasteiger partial charge is 0.214 e. The second kappa shape index (κ2) is 4.05. The van der Waals surface area contributed by atoms with E-state index in [4.69, 9.17) is 10.00 Å². The largest absolute Gasteiger partial charge is 0.361 e. The molecular weight excluding hydrogens is 192 g/mol. The van der Waals surface area contributed by atoms with Crippen LogP contribution in [0.4, 0.5) is 0 Å². The van der Waals surface area contributed by atoms with Crippen LogP contribution in [0.2, 0.25) is 0 Å². The summed E-state index contributed by atoms with van der Waals surface area (Å²) in [6.45, 7) is 2.41. The van der Waals surface area contributed by atoms with Crippen LogP contribution in [0.25, 0.3) is 0 Å². The molecule has 1 rings (SSSR count). The zero-order chi connectivity index (χ0) is 9.90. The van der Waals surface area contributed by atoms with Gasteiger partial charge in [0.05, 0.1) is 25.0 Å². The monoisotopic (exact) mass is 204 g/mol. The molecule has 0 radical (unpaired) electrons. The van der Waals surface area contributed by atoms with Crippen LogP contribution in [0.15, 0.2) is 0 Å². The van der Waals surface area contributed by atoms with E-state index >= 15 is 0 Å². The Morgan fingerprint density at radius 2 is 2.38 bits per heavy atom. The molecule has 13 heavy (non-hydrogen) atoms. The van der Waals surface area contributed by atoms with E-state index in [1.54, 1.807) is 6.92 Å². The summed E-state index contributed by atoms with van der Waals surface area (Å²) in [4.78, 5) is 0. The van der Waals surface area contributed by atoms with E-state index in [2.05, 4.69) is 0 Å². The highest BCUT2D eigenvalue weighted by Crippen LogP contribution is 2.09. The van der Waals surface area contributed by atoms with Crippen molar-refractivity contribution < 1.29 is 13.2 Å². The third kappa shape index (κ3) is 2.40. The van der Waals surface area contributed by atoms with Crippen LogP contribution in [-0.4, -0.2) is 44.3 Å². The summed E-state index contributed by atoms with van der Waals surface area (Å²) in [5.41, 5.74) is 0. The van der Waals surface area contributed by atoms with Gasteiger partial charge in [0.2, 0.25) is 10.0 Å². The first-order valence-electron chi connectivity index (χ1n) is 4.09. The van der Waals surface area contributed by atoms with Gasteiger partial charge in [-0.3, -0.25) is 0 Å². The van der Waals surface area contributed by atoms with Gasteiger partial charge in [-0.15, -0.1) is 0 Å².